The second-order valence-corrected chi connectivity index (χ2v) is 6.06. The van der Waals surface area contributed by atoms with Gasteiger partial charge in [-0.25, -0.2) is 9.78 Å². The van der Waals surface area contributed by atoms with Crippen LogP contribution in [0.15, 0.2) is 23.2 Å². The van der Waals surface area contributed by atoms with Crippen LogP contribution in [0.2, 0.25) is 0 Å². The first-order valence-corrected chi connectivity index (χ1v) is 7.47. The number of aromatic hydroxyl groups is 1. The van der Waals surface area contributed by atoms with Crippen molar-refractivity contribution in [2.45, 2.75) is 6.04 Å². The van der Waals surface area contributed by atoms with E-state index >= 15 is 0 Å². The molecule has 2 aromatic rings. The van der Waals surface area contributed by atoms with E-state index in [0.29, 0.717) is 15.8 Å². The highest BCUT2D eigenvalue weighted by molar-refractivity contribution is 8.14. The van der Waals surface area contributed by atoms with Crippen LogP contribution in [-0.4, -0.2) is 38.0 Å². The van der Waals surface area contributed by atoms with Gasteiger partial charge in [-0.3, -0.25) is 4.99 Å². The lowest BCUT2D eigenvalue weighted by molar-refractivity contribution is -0.137. The Kier molecular flexibility index (Phi) is 3.34. The molecule has 0 saturated heterocycles. The number of fused-ring (bicyclic) bond motifs is 1. The molecule has 0 bridgehead atoms. The standard InChI is InChI=1S/C13H8N2O3S2/c16-7-1-2-8-10(5-7)20-12(14-8)4-3-11-15-9(6-19-11)13(17)18/h1-2,5,9,16H,6H2,(H,17,18)/t9-/m1/s1. The summed E-state index contributed by atoms with van der Waals surface area (Å²) in [4.78, 5) is 19.1. The minimum Gasteiger partial charge on any atom is -0.508 e. The van der Waals surface area contributed by atoms with E-state index in [-0.39, 0.29) is 5.75 Å². The summed E-state index contributed by atoms with van der Waals surface area (Å²) in [6.45, 7) is 0. The molecule has 1 aliphatic heterocycles. The van der Waals surface area contributed by atoms with Gasteiger partial charge in [0.1, 0.15) is 10.8 Å². The Labute approximate surface area is 122 Å². The molecule has 3 rings (SSSR count). The molecule has 0 amide bonds. The number of carboxylic acids is 1. The Bertz CT molecular complexity index is 786. The minimum absolute atomic E-state index is 0.195. The van der Waals surface area contributed by atoms with Crippen molar-refractivity contribution < 1.29 is 15.0 Å². The first-order chi connectivity index (χ1) is 9.61. The van der Waals surface area contributed by atoms with Crippen LogP contribution in [0.1, 0.15) is 5.01 Å². The summed E-state index contributed by atoms with van der Waals surface area (Å²) in [7, 11) is 0. The number of benzene rings is 1. The zero-order valence-electron chi connectivity index (χ0n) is 10.0. The fourth-order valence-electron chi connectivity index (χ4n) is 1.64. The molecule has 100 valence electrons. The fourth-order valence-corrected chi connectivity index (χ4v) is 3.35. The van der Waals surface area contributed by atoms with E-state index in [1.165, 1.54) is 23.1 Å². The summed E-state index contributed by atoms with van der Waals surface area (Å²) in [6.07, 6.45) is 0. The number of phenolic OH excluding ortho intramolecular Hbond substituents is 1. The van der Waals surface area contributed by atoms with Gasteiger partial charge in [0.15, 0.2) is 11.0 Å². The third-order valence-electron chi connectivity index (χ3n) is 2.58. The van der Waals surface area contributed by atoms with Crippen LogP contribution in [0.4, 0.5) is 0 Å². The topological polar surface area (TPSA) is 82.8 Å². The number of aromatic nitrogens is 1. The van der Waals surface area contributed by atoms with Gasteiger partial charge in [-0.1, -0.05) is 11.8 Å². The highest BCUT2D eigenvalue weighted by Gasteiger charge is 2.23. The van der Waals surface area contributed by atoms with Gasteiger partial charge in [0, 0.05) is 5.75 Å². The van der Waals surface area contributed by atoms with Crippen molar-refractivity contribution in [2.24, 2.45) is 4.99 Å². The van der Waals surface area contributed by atoms with Crippen LogP contribution < -0.4 is 0 Å². The predicted octanol–water partition coefficient (Wildman–Crippen LogP) is 1.95. The number of hydrogen-bond acceptors (Lipinski definition) is 6. The SMILES string of the molecule is O=C(O)[C@H]1CSC(C#Cc2nc3ccc(O)cc3s2)=N1. The monoisotopic (exact) mass is 304 g/mol. The molecule has 0 aliphatic carbocycles. The van der Waals surface area contributed by atoms with Crippen molar-refractivity contribution in [3.8, 4) is 17.6 Å². The smallest absolute Gasteiger partial charge is 0.329 e. The molecule has 0 spiro atoms. The van der Waals surface area contributed by atoms with Gasteiger partial charge in [0.05, 0.1) is 10.2 Å². The van der Waals surface area contributed by atoms with E-state index in [2.05, 4.69) is 21.8 Å². The Morgan fingerprint density at radius 3 is 3.00 bits per heavy atom. The summed E-state index contributed by atoms with van der Waals surface area (Å²) < 4.78 is 0.860. The molecule has 7 heteroatoms. The van der Waals surface area contributed by atoms with Gasteiger partial charge in [-0.2, -0.15) is 0 Å². The van der Waals surface area contributed by atoms with E-state index in [4.69, 9.17) is 5.11 Å². The maximum absolute atomic E-state index is 10.8. The molecule has 1 aromatic carbocycles. The summed E-state index contributed by atoms with van der Waals surface area (Å²) in [5.74, 6) is 5.42. The van der Waals surface area contributed by atoms with Crippen molar-refractivity contribution in [3.63, 3.8) is 0 Å². The molecular weight excluding hydrogens is 296 g/mol. The van der Waals surface area contributed by atoms with Crippen molar-refractivity contribution >= 4 is 44.3 Å². The van der Waals surface area contributed by atoms with Crippen LogP contribution in [-0.2, 0) is 4.79 Å². The zero-order chi connectivity index (χ0) is 14.1. The normalized spacial score (nSPS) is 17.6. The van der Waals surface area contributed by atoms with Gasteiger partial charge in [0.25, 0.3) is 0 Å². The summed E-state index contributed by atoms with van der Waals surface area (Å²) in [5.41, 5.74) is 0.779. The Morgan fingerprint density at radius 1 is 1.40 bits per heavy atom. The summed E-state index contributed by atoms with van der Waals surface area (Å²) >= 11 is 2.72. The van der Waals surface area contributed by atoms with Crippen molar-refractivity contribution in [2.75, 3.05) is 5.75 Å². The second-order valence-electron chi connectivity index (χ2n) is 4.02. The zero-order valence-corrected chi connectivity index (χ0v) is 11.7. The molecule has 1 aliphatic rings. The molecule has 2 heterocycles. The van der Waals surface area contributed by atoms with Gasteiger partial charge in [0.2, 0.25) is 0 Å². The molecule has 0 fully saturated rings. The average Bonchev–Trinajstić information content (AvgIpc) is 3.01. The molecule has 5 nitrogen and oxygen atoms in total. The number of carbonyl (C=O) groups is 1. The first-order valence-electron chi connectivity index (χ1n) is 5.67. The lowest BCUT2D eigenvalue weighted by Crippen LogP contribution is -2.16. The molecule has 1 aromatic heterocycles. The molecule has 20 heavy (non-hydrogen) atoms. The van der Waals surface area contributed by atoms with Gasteiger partial charge < -0.3 is 10.2 Å². The first kappa shape index (κ1) is 13.0. The highest BCUT2D eigenvalue weighted by Crippen LogP contribution is 2.25. The number of nitrogens with zero attached hydrogens (tertiary/aromatic N) is 2. The van der Waals surface area contributed by atoms with E-state index in [1.54, 1.807) is 18.2 Å². The number of hydrogen-bond donors (Lipinski definition) is 2. The van der Waals surface area contributed by atoms with E-state index in [1.807, 2.05) is 0 Å². The van der Waals surface area contributed by atoms with Gasteiger partial charge in [-0.05, 0) is 30.0 Å². The number of rotatable bonds is 1. The number of thiazole rings is 1. The molecule has 0 saturated carbocycles. The van der Waals surface area contributed by atoms with Gasteiger partial charge in [-0.15, -0.1) is 11.3 Å². The fraction of sp³-hybridized carbons (Fsp3) is 0.154. The predicted molar refractivity (Wildman–Crippen MR) is 79.5 cm³/mol. The molecule has 0 unspecified atom stereocenters. The quantitative estimate of drug-likeness (QED) is 0.787. The molecule has 2 N–H and O–H groups in total. The number of carboxylic acid groups (broad SMARTS) is 1. The second kappa shape index (κ2) is 5.15. The maximum atomic E-state index is 10.8. The van der Waals surface area contributed by atoms with Crippen LogP contribution >= 0.6 is 23.1 Å². The number of aliphatic carboxylic acids is 1. The number of thioether (sulfide) groups is 1. The molecular formula is C13H8N2O3S2. The average molecular weight is 304 g/mol. The van der Waals surface area contributed by atoms with E-state index in [0.717, 1.165) is 10.2 Å². The summed E-state index contributed by atoms with van der Waals surface area (Å²) in [6, 6.07) is 4.25. The highest BCUT2D eigenvalue weighted by atomic mass is 32.2. The lowest BCUT2D eigenvalue weighted by Gasteiger charge is -1.93. The third-order valence-corrected chi connectivity index (χ3v) is 4.48. The van der Waals surface area contributed by atoms with E-state index < -0.39 is 12.0 Å². The maximum Gasteiger partial charge on any atom is 0.329 e. The van der Waals surface area contributed by atoms with Crippen molar-refractivity contribution in [1.82, 2.24) is 4.98 Å². The van der Waals surface area contributed by atoms with Crippen molar-refractivity contribution in [3.05, 3.63) is 23.2 Å². The Morgan fingerprint density at radius 2 is 2.25 bits per heavy atom. The molecule has 0 radical (unpaired) electrons. The van der Waals surface area contributed by atoms with Gasteiger partial charge >= 0.3 is 5.97 Å². The number of aliphatic imine (C=N–C) groups is 1. The van der Waals surface area contributed by atoms with Crippen LogP contribution in [0.25, 0.3) is 10.2 Å². The lowest BCUT2D eigenvalue weighted by atomic mass is 10.3. The number of phenols is 1. The van der Waals surface area contributed by atoms with Crippen molar-refractivity contribution in [1.29, 1.82) is 0 Å². The molecule has 1 atom stereocenters. The minimum atomic E-state index is -0.926. The summed E-state index contributed by atoms with van der Waals surface area (Å²) in [5, 5.41) is 19.4. The van der Waals surface area contributed by atoms with Crippen LogP contribution in [0, 0.1) is 11.8 Å². The van der Waals surface area contributed by atoms with E-state index in [9.17, 15) is 9.90 Å². The van der Waals surface area contributed by atoms with Crippen LogP contribution in [0.3, 0.4) is 0 Å². The Hall–Kier alpha value is -2.04. The Balaban J connectivity index is 1.86. The third kappa shape index (κ3) is 2.61. The largest absolute Gasteiger partial charge is 0.508 e. The van der Waals surface area contributed by atoms with Crippen LogP contribution in [0.5, 0.6) is 5.75 Å².